The molecule has 1 aliphatic rings. The maximum Gasteiger partial charge on any atom is 0.313 e. The topological polar surface area (TPSA) is 76.1 Å². The van der Waals surface area contributed by atoms with Crippen LogP contribution in [0.4, 0.5) is 4.39 Å². The minimum absolute atomic E-state index is 0.0214. The molecule has 1 fully saturated rings. The highest BCUT2D eigenvalue weighted by molar-refractivity contribution is 5.97. The summed E-state index contributed by atoms with van der Waals surface area (Å²) in [6.07, 6.45) is 0.293. The third-order valence-corrected chi connectivity index (χ3v) is 4.00. The zero-order chi connectivity index (χ0) is 17.0. The lowest BCUT2D eigenvalue weighted by molar-refractivity contribution is -0.151. The van der Waals surface area contributed by atoms with E-state index in [-0.39, 0.29) is 37.6 Å². The molecule has 23 heavy (non-hydrogen) atoms. The van der Waals surface area contributed by atoms with Crippen molar-refractivity contribution in [1.29, 1.82) is 0 Å². The molecular formula is C16H20FNO5. The van der Waals surface area contributed by atoms with Gasteiger partial charge in [0.15, 0.2) is 11.6 Å². The number of nitrogens with zero attached hydrogens (tertiary/aromatic N) is 1. The minimum Gasteiger partial charge on any atom is -0.490 e. The lowest BCUT2D eigenvalue weighted by Crippen LogP contribution is -2.40. The van der Waals surface area contributed by atoms with Crippen molar-refractivity contribution in [2.75, 3.05) is 33.4 Å². The van der Waals surface area contributed by atoms with Crippen LogP contribution in [0, 0.1) is 11.2 Å². The van der Waals surface area contributed by atoms with Crippen LogP contribution in [0.25, 0.3) is 0 Å². The van der Waals surface area contributed by atoms with Crippen LogP contribution in [0.3, 0.4) is 0 Å². The second kappa shape index (κ2) is 6.95. The molecule has 1 aromatic rings. The van der Waals surface area contributed by atoms with Gasteiger partial charge in [-0.25, -0.2) is 4.39 Å². The van der Waals surface area contributed by atoms with Crippen LogP contribution in [0.5, 0.6) is 5.75 Å². The summed E-state index contributed by atoms with van der Waals surface area (Å²) in [5, 5.41) is 9.45. The van der Waals surface area contributed by atoms with Crippen molar-refractivity contribution < 1.29 is 28.6 Å². The molecule has 0 aliphatic carbocycles. The first-order chi connectivity index (χ1) is 10.9. The lowest BCUT2D eigenvalue weighted by atomic mass is 9.88. The predicted octanol–water partition coefficient (Wildman–Crippen LogP) is 1.79. The van der Waals surface area contributed by atoms with E-state index >= 15 is 0 Å². The fraction of sp³-hybridized carbons (Fsp3) is 0.500. The lowest BCUT2D eigenvalue weighted by Gasteiger charge is -2.24. The highest BCUT2D eigenvalue weighted by Crippen LogP contribution is 2.33. The smallest absolute Gasteiger partial charge is 0.313 e. The van der Waals surface area contributed by atoms with Gasteiger partial charge in [-0.2, -0.15) is 0 Å². The molecule has 2 rings (SSSR count). The molecule has 0 aromatic heterocycles. The summed E-state index contributed by atoms with van der Waals surface area (Å²) < 4.78 is 24.1. The van der Waals surface area contributed by atoms with E-state index in [0.717, 1.165) is 0 Å². The van der Waals surface area contributed by atoms with Crippen LogP contribution in [-0.4, -0.2) is 55.3 Å². The van der Waals surface area contributed by atoms with Crippen molar-refractivity contribution in [1.82, 2.24) is 4.90 Å². The van der Waals surface area contributed by atoms with Gasteiger partial charge in [0.1, 0.15) is 5.41 Å². The molecule has 6 nitrogen and oxygen atoms in total. The number of carbonyl (C=O) groups is 2. The van der Waals surface area contributed by atoms with Crippen LogP contribution in [0.1, 0.15) is 23.7 Å². The Morgan fingerprint density at radius 2 is 2.17 bits per heavy atom. The van der Waals surface area contributed by atoms with E-state index in [1.807, 2.05) is 0 Å². The number of likely N-dealkylation sites (tertiary alicyclic amines) is 1. The van der Waals surface area contributed by atoms with Gasteiger partial charge >= 0.3 is 5.97 Å². The molecule has 7 heteroatoms. The largest absolute Gasteiger partial charge is 0.490 e. The van der Waals surface area contributed by atoms with Crippen molar-refractivity contribution in [3.8, 4) is 5.75 Å². The van der Waals surface area contributed by atoms with Gasteiger partial charge in [0.05, 0.1) is 18.8 Å². The Bertz CT molecular complexity index is 606. The van der Waals surface area contributed by atoms with E-state index in [9.17, 15) is 19.1 Å². The average molecular weight is 325 g/mol. The number of amides is 1. The Balaban J connectivity index is 2.26. The average Bonchev–Trinajstić information content (AvgIpc) is 2.95. The van der Waals surface area contributed by atoms with Crippen LogP contribution in [0.15, 0.2) is 18.2 Å². The predicted molar refractivity (Wildman–Crippen MR) is 80.0 cm³/mol. The second-order valence-corrected chi connectivity index (χ2v) is 5.54. The molecule has 1 aliphatic heterocycles. The van der Waals surface area contributed by atoms with Crippen LogP contribution in [0.2, 0.25) is 0 Å². The summed E-state index contributed by atoms with van der Waals surface area (Å²) >= 11 is 0. The SMILES string of the molecule is CCOc1c(F)cccc1C(=O)N1CCC(COC)(C(=O)O)C1. The van der Waals surface area contributed by atoms with Crippen molar-refractivity contribution in [2.45, 2.75) is 13.3 Å². The number of carboxylic acids is 1. The summed E-state index contributed by atoms with van der Waals surface area (Å²) in [6, 6.07) is 4.13. The van der Waals surface area contributed by atoms with E-state index in [4.69, 9.17) is 9.47 Å². The molecule has 0 spiro atoms. The molecule has 1 atom stereocenters. The Morgan fingerprint density at radius 1 is 1.43 bits per heavy atom. The molecule has 0 bridgehead atoms. The molecule has 1 amide bonds. The first kappa shape index (κ1) is 17.2. The molecule has 1 N–H and O–H groups in total. The first-order valence-corrected chi connectivity index (χ1v) is 7.38. The molecule has 0 saturated carbocycles. The molecule has 1 heterocycles. The van der Waals surface area contributed by atoms with Gasteiger partial charge in [-0.1, -0.05) is 6.07 Å². The monoisotopic (exact) mass is 325 g/mol. The number of methoxy groups -OCH3 is 1. The van der Waals surface area contributed by atoms with Crippen LogP contribution < -0.4 is 4.74 Å². The number of ether oxygens (including phenoxy) is 2. The summed E-state index contributed by atoms with van der Waals surface area (Å²) in [5.74, 6) is -2.15. The van der Waals surface area contributed by atoms with Gasteiger partial charge in [-0.15, -0.1) is 0 Å². The second-order valence-electron chi connectivity index (χ2n) is 5.54. The zero-order valence-corrected chi connectivity index (χ0v) is 13.2. The molecule has 0 radical (unpaired) electrons. The Labute approximate surface area is 133 Å². The number of aliphatic carboxylic acids is 1. The molecule has 1 aromatic carbocycles. The number of carboxylic acid groups (broad SMARTS) is 1. The summed E-state index contributed by atoms with van der Waals surface area (Å²) in [5.41, 5.74) is -1.02. The van der Waals surface area contributed by atoms with Gasteiger partial charge in [0.2, 0.25) is 0 Å². The number of benzene rings is 1. The van der Waals surface area contributed by atoms with Crippen molar-refractivity contribution >= 4 is 11.9 Å². The van der Waals surface area contributed by atoms with Crippen LogP contribution >= 0.6 is 0 Å². The first-order valence-electron chi connectivity index (χ1n) is 7.38. The van der Waals surface area contributed by atoms with Gasteiger partial charge in [-0.3, -0.25) is 9.59 Å². The number of rotatable bonds is 6. The third-order valence-electron chi connectivity index (χ3n) is 4.00. The Kier molecular flexibility index (Phi) is 5.20. The number of carbonyl (C=O) groups excluding carboxylic acids is 1. The number of hydrogen-bond donors (Lipinski definition) is 1. The van der Waals surface area contributed by atoms with Crippen molar-refractivity contribution in [3.05, 3.63) is 29.6 Å². The van der Waals surface area contributed by atoms with Crippen molar-refractivity contribution in [2.24, 2.45) is 5.41 Å². The number of halogens is 1. The number of para-hydroxylation sites is 1. The van der Waals surface area contributed by atoms with E-state index in [0.29, 0.717) is 6.42 Å². The molecule has 1 unspecified atom stereocenters. The molecule has 126 valence electrons. The van der Waals surface area contributed by atoms with Gasteiger partial charge < -0.3 is 19.5 Å². The minimum atomic E-state index is -1.12. The highest BCUT2D eigenvalue weighted by Gasteiger charge is 2.46. The maximum absolute atomic E-state index is 13.9. The summed E-state index contributed by atoms with van der Waals surface area (Å²) in [4.78, 5) is 25.6. The fourth-order valence-electron chi connectivity index (χ4n) is 2.81. The van der Waals surface area contributed by atoms with E-state index < -0.39 is 23.1 Å². The van der Waals surface area contributed by atoms with Crippen molar-refractivity contribution in [3.63, 3.8) is 0 Å². The molecular weight excluding hydrogens is 305 g/mol. The van der Waals surface area contributed by atoms with Gasteiger partial charge in [0, 0.05) is 20.2 Å². The highest BCUT2D eigenvalue weighted by atomic mass is 19.1. The maximum atomic E-state index is 13.9. The van der Waals surface area contributed by atoms with Gasteiger partial charge in [0.25, 0.3) is 5.91 Å². The van der Waals surface area contributed by atoms with Crippen LogP contribution in [-0.2, 0) is 9.53 Å². The Morgan fingerprint density at radius 3 is 2.78 bits per heavy atom. The van der Waals surface area contributed by atoms with Gasteiger partial charge in [-0.05, 0) is 25.5 Å². The standard InChI is InChI=1S/C16H20FNO5/c1-3-23-13-11(5-4-6-12(13)17)14(19)18-8-7-16(9-18,10-22-2)15(20)21/h4-6H,3,7-10H2,1-2H3,(H,20,21). The van der Waals surface area contributed by atoms with E-state index in [2.05, 4.69) is 0 Å². The normalized spacial score (nSPS) is 20.6. The zero-order valence-electron chi connectivity index (χ0n) is 13.2. The summed E-state index contributed by atoms with van der Waals surface area (Å²) in [7, 11) is 1.43. The number of hydrogen-bond acceptors (Lipinski definition) is 4. The quantitative estimate of drug-likeness (QED) is 0.863. The summed E-state index contributed by atoms with van der Waals surface area (Å²) in [6.45, 7) is 2.25. The molecule has 1 saturated heterocycles. The van der Waals surface area contributed by atoms with E-state index in [1.54, 1.807) is 6.92 Å². The third kappa shape index (κ3) is 3.29. The Hall–Kier alpha value is -2.15. The van der Waals surface area contributed by atoms with E-state index in [1.165, 1.54) is 30.2 Å². The fourth-order valence-corrected chi connectivity index (χ4v) is 2.81.